The smallest absolute Gasteiger partial charge is 0.309 e. The maximum absolute atomic E-state index is 11.3. The number of ether oxygens (including phenoxy) is 1. The number of rotatable bonds is 5. The zero-order valence-corrected chi connectivity index (χ0v) is 9.03. The summed E-state index contributed by atoms with van der Waals surface area (Å²) in [6, 6.07) is 3.34. The molecule has 0 spiro atoms. The van der Waals surface area contributed by atoms with E-state index in [2.05, 4.69) is 0 Å². The minimum atomic E-state index is -1.25. The highest BCUT2D eigenvalue weighted by Crippen LogP contribution is 2.29. The molecule has 1 aromatic heterocycles. The van der Waals surface area contributed by atoms with Crippen molar-refractivity contribution >= 4 is 5.97 Å². The third kappa shape index (κ3) is 2.83. The van der Waals surface area contributed by atoms with Gasteiger partial charge in [-0.25, -0.2) is 0 Å². The Morgan fingerprint density at radius 1 is 1.60 bits per heavy atom. The molecule has 0 amide bonds. The molecule has 0 radical (unpaired) electrons. The lowest BCUT2D eigenvalue weighted by molar-refractivity contribution is -0.150. The third-order valence-corrected chi connectivity index (χ3v) is 2.31. The molecule has 4 heteroatoms. The zero-order chi connectivity index (χ0) is 11.3. The van der Waals surface area contributed by atoms with Crippen molar-refractivity contribution in [1.82, 2.24) is 0 Å². The standard InChI is InChI=1S/C11H16O4/c1-3-11(13,8-10(12)14-4-2)9-6-5-7-15-9/h5-7,13H,3-4,8H2,1-2H3. The number of carbonyl (C=O) groups is 1. The highest BCUT2D eigenvalue weighted by Gasteiger charge is 2.33. The van der Waals surface area contributed by atoms with Crippen molar-refractivity contribution in [3.05, 3.63) is 24.2 Å². The summed E-state index contributed by atoms with van der Waals surface area (Å²) in [7, 11) is 0. The van der Waals surface area contributed by atoms with Crippen molar-refractivity contribution in [2.24, 2.45) is 0 Å². The Bertz CT molecular complexity index is 304. The average Bonchev–Trinajstić information content (AvgIpc) is 2.71. The van der Waals surface area contributed by atoms with E-state index >= 15 is 0 Å². The van der Waals surface area contributed by atoms with Crippen molar-refractivity contribution in [1.29, 1.82) is 0 Å². The van der Waals surface area contributed by atoms with Crippen LogP contribution in [0.4, 0.5) is 0 Å². The van der Waals surface area contributed by atoms with Gasteiger partial charge in [0.25, 0.3) is 0 Å². The maximum atomic E-state index is 11.3. The van der Waals surface area contributed by atoms with Crippen molar-refractivity contribution in [2.45, 2.75) is 32.3 Å². The van der Waals surface area contributed by atoms with Crippen LogP contribution in [-0.2, 0) is 15.1 Å². The first-order valence-corrected chi connectivity index (χ1v) is 5.04. The van der Waals surface area contributed by atoms with E-state index in [1.807, 2.05) is 0 Å². The van der Waals surface area contributed by atoms with Gasteiger partial charge in [0.1, 0.15) is 11.4 Å². The molecular weight excluding hydrogens is 196 g/mol. The van der Waals surface area contributed by atoms with E-state index in [4.69, 9.17) is 9.15 Å². The van der Waals surface area contributed by atoms with Crippen molar-refractivity contribution in [3.8, 4) is 0 Å². The summed E-state index contributed by atoms with van der Waals surface area (Å²) in [5, 5.41) is 10.2. The van der Waals surface area contributed by atoms with E-state index in [0.717, 1.165) is 0 Å². The van der Waals surface area contributed by atoms with Crippen molar-refractivity contribution in [2.75, 3.05) is 6.61 Å². The molecule has 0 saturated carbocycles. The van der Waals surface area contributed by atoms with Crippen LogP contribution in [0, 0.1) is 0 Å². The van der Waals surface area contributed by atoms with Crippen LogP contribution >= 0.6 is 0 Å². The van der Waals surface area contributed by atoms with E-state index in [1.54, 1.807) is 26.0 Å². The second-order valence-corrected chi connectivity index (χ2v) is 3.34. The van der Waals surface area contributed by atoms with Gasteiger partial charge in [0.05, 0.1) is 19.3 Å². The van der Waals surface area contributed by atoms with Crippen molar-refractivity contribution in [3.63, 3.8) is 0 Å². The number of esters is 1. The second-order valence-electron chi connectivity index (χ2n) is 3.34. The molecule has 1 atom stereocenters. The van der Waals surface area contributed by atoms with Gasteiger partial charge >= 0.3 is 5.97 Å². The molecule has 1 heterocycles. The molecule has 4 nitrogen and oxygen atoms in total. The molecule has 1 aromatic rings. The molecule has 84 valence electrons. The van der Waals surface area contributed by atoms with Gasteiger partial charge in [0, 0.05) is 0 Å². The summed E-state index contributed by atoms with van der Waals surface area (Å²) < 4.78 is 9.91. The van der Waals surface area contributed by atoms with Crippen LogP contribution in [0.15, 0.2) is 22.8 Å². The summed E-state index contributed by atoms with van der Waals surface area (Å²) >= 11 is 0. The first-order chi connectivity index (χ1) is 7.12. The summed E-state index contributed by atoms with van der Waals surface area (Å²) in [6.45, 7) is 3.84. The molecule has 0 aromatic carbocycles. The fourth-order valence-corrected chi connectivity index (χ4v) is 1.38. The van der Waals surface area contributed by atoms with Crippen LogP contribution in [0.3, 0.4) is 0 Å². The highest BCUT2D eigenvalue weighted by atomic mass is 16.5. The molecule has 0 bridgehead atoms. The van der Waals surface area contributed by atoms with Gasteiger partial charge in [-0.05, 0) is 25.5 Å². The lowest BCUT2D eigenvalue weighted by Gasteiger charge is -2.22. The first kappa shape index (κ1) is 11.8. The minimum absolute atomic E-state index is 0.0785. The SMILES string of the molecule is CCOC(=O)CC(O)(CC)c1ccco1. The van der Waals surface area contributed by atoms with Gasteiger partial charge in [0.15, 0.2) is 0 Å². The molecular formula is C11H16O4. The Hall–Kier alpha value is -1.29. The topological polar surface area (TPSA) is 59.7 Å². The van der Waals surface area contributed by atoms with Gasteiger partial charge in [-0.15, -0.1) is 0 Å². The van der Waals surface area contributed by atoms with Gasteiger partial charge in [0.2, 0.25) is 0 Å². The summed E-state index contributed by atoms with van der Waals surface area (Å²) in [5.41, 5.74) is -1.25. The van der Waals surface area contributed by atoms with Crippen LogP contribution in [-0.4, -0.2) is 17.7 Å². The Morgan fingerprint density at radius 2 is 2.33 bits per heavy atom. The summed E-state index contributed by atoms with van der Waals surface area (Å²) in [6.07, 6.45) is 1.80. The fourth-order valence-electron chi connectivity index (χ4n) is 1.38. The normalized spacial score (nSPS) is 14.6. The molecule has 0 aliphatic heterocycles. The van der Waals surface area contributed by atoms with E-state index in [1.165, 1.54) is 6.26 Å². The molecule has 1 rings (SSSR count). The van der Waals surface area contributed by atoms with E-state index < -0.39 is 11.6 Å². The molecule has 15 heavy (non-hydrogen) atoms. The van der Waals surface area contributed by atoms with Gasteiger partial charge in [-0.3, -0.25) is 4.79 Å². The van der Waals surface area contributed by atoms with E-state index in [0.29, 0.717) is 18.8 Å². The lowest BCUT2D eigenvalue weighted by Crippen LogP contribution is -2.28. The Labute approximate surface area is 88.8 Å². The van der Waals surface area contributed by atoms with Gasteiger partial charge < -0.3 is 14.3 Å². The van der Waals surface area contributed by atoms with Crippen LogP contribution in [0.25, 0.3) is 0 Å². The van der Waals surface area contributed by atoms with Crippen LogP contribution in [0.1, 0.15) is 32.4 Å². The number of furan rings is 1. The molecule has 0 aliphatic rings. The summed E-state index contributed by atoms with van der Waals surface area (Å²) in [5.74, 6) is -0.0173. The Kier molecular flexibility index (Phi) is 3.91. The van der Waals surface area contributed by atoms with Crippen LogP contribution in [0.2, 0.25) is 0 Å². The number of hydrogen-bond acceptors (Lipinski definition) is 4. The van der Waals surface area contributed by atoms with E-state index in [-0.39, 0.29) is 6.42 Å². The van der Waals surface area contributed by atoms with E-state index in [9.17, 15) is 9.90 Å². The summed E-state index contributed by atoms with van der Waals surface area (Å²) in [4.78, 5) is 11.3. The number of carbonyl (C=O) groups excluding carboxylic acids is 1. The van der Waals surface area contributed by atoms with Gasteiger partial charge in [-0.1, -0.05) is 6.92 Å². The maximum Gasteiger partial charge on any atom is 0.309 e. The predicted octanol–water partition coefficient (Wildman–Crippen LogP) is 1.83. The van der Waals surface area contributed by atoms with Crippen LogP contribution in [0.5, 0.6) is 0 Å². The zero-order valence-electron chi connectivity index (χ0n) is 9.03. The first-order valence-electron chi connectivity index (χ1n) is 5.04. The third-order valence-electron chi connectivity index (χ3n) is 2.31. The number of aliphatic hydroxyl groups is 1. The molecule has 1 N–H and O–H groups in total. The second kappa shape index (κ2) is 4.98. The Balaban J connectivity index is 2.73. The molecule has 0 fully saturated rings. The quantitative estimate of drug-likeness (QED) is 0.756. The monoisotopic (exact) mass is 212 g/mol. The highest BCUT2D eigenvalue weighted by molar-refractivity contribution is 5.70. The molecule has 1 unspecified atom stereocenters. The Morgan fingerprint density at radius 3 is 2.80 bits per heavy atom. The fraction of sp³-hybridized carbons (Fsp3) is 0.545. The van der Waals surface area contributed by atoms with Gasteiger partial charge in [-0.2, -0.15) is 0 Å². The lowest BCUT2D eigenvalue weighted by atomic mass is 9.93. The van der Waals surface area contributed by atoms with Crippen molar-refractivity contribution < 1.29 is 19.1 Å². The minimum Gasteiger partial charge on any atom is -0.466 e. The average molecular weight is 212 g/mol. The molecule has 0 aliphatic carbocycles. The predicted molar refractivity (Wildman–Crippen MR) is 54.1 cm³/mol. The molecule has 0 saturated heterocycles. The largest absolute Gasteiger partial charge is 0.466 e. The number of hydrogen-bond donors (Lipinski definition) is 1. The van der Waals surface area contributed by atoms with Crippen LogP contribution < -0.4 is 0 Å².